The zero-order valence-electron chi connectivity index (χ0n) is 16.9. The van der Waals surface area contributed by atoms with Gasteiger partial charge in [-0.2, -0.15) is 0 Å². The van der Waals surface area contributed by atoms with Gasteiger partial charge in [-0.05, 0) is 47.9 Å². The molecule has 0 aliphatic rings. The van der Waals surface area contributed by atoms with Crippen LogP contribution in [0.3, 0.4) is 0 Å². The van der Waals surface area contributed by atoms with E-state index in [-0.39, 0.29) is 5.78 Å². The summed E-state index contributed by atoms with van der Waals surface area (Å²) in [6.45, 7) is 4.68. The van der Waals surface area contributed by atoms with E-state index in [9.17, 15) is 0 Å². The van der Waals surface area contributed by atoms with Crippen molar-refractivity contribution in [3.8, 4) is 0 Å². The largest absolute Gasteiger partial charge is 0.302 e. The molecule has 150 valence electrons. The molecule has 0 saturated carbocycles. The molecule has 0 aliphatic carbocycles. The van der Waals surface area contributed by atoms with Crippen molar-refractivity contribution in [1.82, 2.24) is 5.32 Å². The fourth-order valence-electron chi connectivity index (χ4n) is 3.68. The van der Waals surface area contributed by atoms with Gasteiger partial charge in [0.2, 0.25) is 0 Å². The number of aryl methyl sites for hydroxylation is 2. The van der Waals surface area contributed by atoms with Crippen molar-refractivity contribution in [2.24, 2.45) is 0 Å². The maximum absolute atomic E-state index is 6.53. The van der Waals surface area contributed by atoms with Gasteiger partial charge in [0, 0.05) is 6.54 Å². The van der Waals surface area contributed by atoms with Crippen molar-refractivity contribution in [3.63, 3.8) is 0 Å². The molecule has 0 heterocycles. The molecule has 0 spiro atoms. The molecule has 1 atom stereocenters. The van der Waals surface area contributed by atoms with Crippen molar-refractivity contribution < 1.29 is 0 Å². The Morgan fingerprint density at radius 3 is 1.66 bits per heavy atom. The van der Waals surface area contributed by atoms with Crippen molar-refractivity contribution in [2.75, 3.05) is 18.9 Å². The smallest absolute Gasteiger partial charge is 0.0618 e. The maximum Gasteiger partial charge on any atom is 0.0618 e. The summed E-state index contributed by atoms with van der Waals surface area (Å²) in [7, 11) is 0. The second-order valence-electron chi connectivity index (χ2n) is 7.38. The van der Waals surface area contributed by atoms with Crippen LogP contribution in [0.15, 0.2) is 104 Å². The quantitative estimate of drug-likeness (QED) is 0.284. The van der Waals surface area contributed by atoms with Gasteiger partial charge in [0.15, 0.2) is 0 Å². The van der Waals surface area contributed by atoms with Gasteiger partial charge in [0.05, 0.1) is 5.78 Å². The van der Waals surface area contributed by atoms with E-state index < -0.39 is 6.04 Å². The monoisotopic (exact) mass is 419 g/mol. The van der Waals surface area contributed by atoms with Gasteiger partial charge < -0.3 is 5.32 Å². The molecular weight excluding hydrogens is 389 g/mol. The highest BCUT2D eigenvalue weighted by Crippen LogP contribution is 2.58. The minimum absolute atomic E-state index is 0.212. The van der Waals surface area contributed by atoms with E-state index in [2.05, 4.69) is 103 Å². The van der Waals surface area contributed by atoms with Gasteiger partial charge in [-0.25, -0.2) is 0 Å². The third-order valence-corrected chi connectivity index (χ3v) is 10.4. The molecule has 0 saturated heterocycles. The van der Waals surface area contributed by atoms with E-state index in [4.69, 9.17) is 11.8 Å². The molecule has 0 aromatic heterocycles. The van der Waals surface area contributed by atoms with Crippen molar-refractivity contribution >= 4 is 17.8 Å². The predicted molar refractivity (Wildman–Crippen MR) is 132 cm³/mol. The van der Waals surface area contributed by atoms with Gasteiger partial charge in [0.1, 0.15) is 0 Å². The first-order chi connectivity index (χ1) is 14.2. The van der Waals surface area contributed by atoms with Crippen LogP contribution in [-0.2, 0) is 24.6 Å². The van der Waals surface area contributed by atoms with E-state index >= 15 is 0 Å². The Balaban J connectivity index is 1.87. The molecular formula is C26H30NPS. The minimum Gasteiger partial charge on any atom is -0.302 e. The first-order valence-electron chi connectivity index (χ1n) is 10.3. The maximum atomic E-state index is 6.53. The van der Waals surface area contributed by atoms with Crippen molar-refractivity contribution in [1.29, 1.82) is 0 Å². The lowest BCUT2D eigenvalue weighted by molar-refractivity contribution is 0.724. The third kappa shape index (κ3) is 6.51. The summed E-state index contributed by atoms with van der Waals surface area (Å²) < 4.78 is 0. The first-order valence-corrected chi connectivity index (χ1v) is 13.5. The molecule has 3 aromatic rings. The highest BCUT2D eigenvalue weighted by Gasteiger charge is 2.29. The summed E-state index contributed by atoms with van der Waals surface area (Å²) in [5, 5.41) is 3.73. The normalized spacial score (nSPS) is 12.4. The SMILES string of the molecule is C=CCNC(c1ccccc1)P(=S)(CCc1ccccc1)CCc1ccccc1. The Morgan fingerprint density at radius 1 is 0.759 bits per heavy atom. The van der Waals surface area contributed by atoms with Crippen LogP contribution >= 0.6 is 6.04 Å². The zero-order valence-corrected chi connectivity index (χ0v) is 18.6. The van der Waals surface area contributed by atoms with Crippen LogP contribution in [0.4, 0.5) is 0 Å². The summed E-state index contributed by atoms with van der Waals surface area (Å²) in [6, 6.07) is 30.5. The van der Waals surface area contributed by atoms with Gasteiger partial charge in [0.25, 0.3) is 0 Å². The number of nitrogens with one attached hydrogen (secondary N) is 1. The second-order valence-corrected chi connectivity index (χ2v) is 12.9. The van der Waals surface area contributed by atoms with E-state index in [0.29, 0.717) is 0 Å². The van der Waals surface area contributed by atoms with Crippen LogP contribution in [-0.4, -0.2) is 18.9 Å². The van der Waals surface area contributed by atoms with E-state index in [1.165, 1.54) is 16.7 Å². The molecule has 0 fully saturated rings. The Morgan fingerprint density at radius 2 is 1.21 bits per heavy atom. The van der Waals surface area contributed by atoms with Gasteiger partial charge in [-0.3, -0.25) is 0 Å². The Kier molecular flexibility index (Phi) is 8.43. The van der Waals surface area contributed by atoms with Crippen molar-refractivity contribution in [3.05, 3.63) is 120 Å². The van der Waals surface area contributed by atoms with Gasteiger partial charge in [-0.1, -0.05) is 109 Å². The minimum atomic E-state index is -1.74. The van der Waals surface area contributed by atoms with E-state index in [1.54, 1.807) is 0 Å². The summed E-state index contributed by atoms with van der Waals surface area (Å²) in [4.78, 5) is 0. The number of hydrogen-bond acceptors (Lipinski definition) is 2. The van der Waals surface area contributed by atoms with Crippen LogP contribution in [0.25, 0.3) is 0 Å². The van der Waals surface area contributed by atoms with Crippen molar-refractivity contribution in [2.45, 2.75) is 18.6 Å². The summed E-state index contributed by atoms with van der Waals surface area (Å²) in [5.41, 5.74) is 4.05. The Hall–Kier alpha value is -1.99. The molecule has 1 nitrogen and oxygen atoms in total. The topological polar surface area (TPSA) is 12.0 Å². The molecule has 3 rings (SSSR count). The zero-order chi connectivity index (χ0) is 20.4. The van der Waals surface area contributed by atoms with Gasteiger partial charge >= 0.3 is 0 Å². The number of rotatable bonds is 11. The highest BCUT2D eigenvalue weighted by molar-refractivity contribution is 8.14. The molecule has 1 unspecified atom stereocenters. The van der Waals surface area contributed by atoms with Crippen LogP contribution in [0.5, 0.6) is 0 Å². The fourth-order valence-corrected chi connectivity index (χ4v) is 7.99. The van der Waals surface area contributed by atoms with Crippen LogP contribution in [0.2, 0.25) is 0 Å². The van der Waals surface area contributed by atoms with Crippen LogP contribution in [0, 0.1) is 0 Å². The average molecular weight is 420 g/mol. The highest BCUT2D eigenvalue weighted by atomic mass is 32.4. The summed E-state index contributed by atoms with van der Waals surface area (Å²) in [5.74, 6) is 0.212. The molecule has 0 radical (unpaired) electrons. The van der Waals surface area contributed by atoms with E-state index in [0.717, 1.165) is 31.7 Å². The third-order valence-electron chi connectivity index (χ3n) is 5.29. The molecule has 0 bridgehead atoms. The number of benzene rings is 3. The molecule has 0 aliphatic heterocycles. The first kappa shape index (κ1) is 21.7. The van der Waals surface area contributed by atoms with Gasteiger partial charge in [-0.15, -0.1) is 6.58 Å². The van der Waals surface area contributed by atoms with E-state index in [1.807, 2.05) is 6.08 Å². The Labute approximate surface area is 180 Å². The fraction of sp³-hybridized carbons (Fsp3) is 0.231. The number of hydrogen-bond donors (Lipinski definition) is 1. The van der Waals surface area contributed by atoms with Crippen LogP contribution < -0.4 is 5.32 Å². The molecule has 1 N–H and O–H groups in total. The standard InChI is InChI=1S/C26H30NPS/c1-2-20-27-26(25-16-10-5-11-17-25)28(29,21-18-23-12-6-3-7-13-23)22-19-24-14-8-4-9-15-24/h2-17,26-27H,1,18-22H2. The lowest BCUT2D eigenvalue weighted by Gasteiger charge is -2.33. The predicted octanol–water partition coefficient (Wildman–Crippen LogP) is 6.43. The molecule has 0 amide bonds. The van der Waals surface area contributed by atoms with Crippen LogP contribution in [0.1, 0.15) is 22.5 Å². The summed E-state index contributed by atoms with van der Waals surface area (Å²) >= 11 is 6.53. The molecule has 3 aromatic carbocycles. The molecule has 3 heteroatoms. The summed E-state index contributed by atoms with van der Waals surface area (Å²) in [6.07, 6.45) is 6.12. The molecule has 29 heavy (non-hydrogen) atoms. The lowest BCUT2D eigenvalue weighted by atomic mass is 10.2. The Bertz CT molecular complexity index is 862. The average Bonchev–Trinajstić information content (AvgIpc) is 2.79. The second kappa shape index (κ2) is 11.3. The lowest BCUT2D eigenvalue weighted by Crippen LogP contribution is -2.24.